The molecular weight excluding hydrogens is 520 g/mol. The van der Waals surface area contributed by atoms with E-state index in [9.17, 15) is 23.5 Å². The fourth-order valence-electron chi connectivity index (χ4n) is 5.31. The lowest BCUT2D eigenvalue weighted by Crippen LogP contribution is -2.24. The molecule has 2 N–H and O–H groups in total. The highest BCUT2D eigenvalue weighted by Gasteiger charge is 2.38. The molecule has 6 rings (SSSR count). The number of nitrogens with zero attached hydrogens (tertiary/aromatic N) is 6. The largest absolute Gasteiger partial charge is 0.476 e. The van der Waals surface area contributed by atoms with E-state index < -0.39 is 17.9 Å². The molecule has 0 spiro atoms. The van der Waals surface area contributed by atoms with E-state index in [1.165, 1.54) is 0 Å². The van der Waals surface area contributed by atoms with Crippen LogP contribution >= 0.6 is 0 Å². The number of fused-ring (bicyclic) bond motifs is 1. The Kier molecular flexibility index (Phi) is 6.62. The maximum Gasteiger partial charge on any atom is 0.357 e. The van der Waals surface area contributed by atoms with Crippen molar-refractivity contribution in [2.24, 2.45) is 0 Å². The summed E-state index contributed by atoms with van der Waals surface area (Å²) in [6.45, 7) is 2.27. The van der Waals surface area contributed by atoms with E-state index in [0.717, 1.165) is 42.0 Å². The van der Waals surface area contributed by atoms with Crippen molar-refractivity contribution in [1.29, 1.82) is 0 Å². The number of nitrogens with one attached hydrogen (secondary N) is 1. The highest BCUT2D eigenvalue weighted by Crippen LogP contribution is 2.30. The molecule has 0 bridgehead atoms. The second kappa shape index (κ2) is 10.3. The second-order valence-electron chi connectivity index (χ2n) is 10.2. The molecule has 5 heterocycles. The smallest absolute Gasteiger partial charge is 0.357 e. The average molecular weight is 548 g/mol. The first kappa shape index (κ1) is 25.8. The van der Waals surface area contributed by atoms with Gasteiger partial charge in [0.25, 0.3) is 5.92 Å². The minimum Gasteiger partial charge on any atom is -0.476 e. The Hall–Kier alpha value is -4.45. The molecule has 0 atom stereocenters. The lowest BCUT2D eigenvalue weighted by atomic mass is 10.0. The number of pyridine rings is 2. The zero-order chi connectivity index (χ0) is 27.9. The van der Waals surface area contributed by atoms with Crippen LogP contribution in [-0.4, -0.2) is 73.9 Å². The molecular formula is C28H27F2N7O3. The van der Waals surface area contributed by atoms with Gasteiger partial charge in [-0.1, -0.05) is 6.07 Å². The van der Waals surface area contributed by atoms with Crippen LogP contribution in [0.15, 0.2) is 55.0 Å². The van der Waals surface area contributed by atoms with Crippen molar-refractivity contribution in [2.45, 2.75) is 31.7 Å². The molecule has 2 fully saturated rings. The normalized spacial score (nSPS) is 17.0. The van der Waals surface area contributed by atoms with Gasteiger partial charge < -0.3 is 15.3 Å². The average Bonchev–Trinajstić information content (AvgIpc) is 3.68. The van der Waals surface area contributed by atoms with Crippen LogP contribution < -0.4 is 10.2 Å². The summed E-state index contributed by atoms with van der Waals surface area (Å²) in [6.07, 6.45) is 6.92. The number of hydrogen-bond acceptors (Lipinski definition) is 7. The van der Waals surface area contributed by atoms with Gasteiger partial charge in [-0.25, -0.2) is 23.4 Å². The Labute approximate surface area is 228 Å². The van der Waals surface area contributed by atoms with Crippen LogP contribution in [0.4, 0.5) is 25.1 Å². The third kappa shape index (κ3) is 5.22. The van der Waals surface area contributed by atoms with Crippen LogP contribution in [0.5, 0.6) is 0 Å². The first-order chi connectivity index (χ1) is 19.3. The van der Waals surface area contributed by atoms with Crippen molar-refractivity contribution < 1.29 is 23.5 Å². The summed E-state index contributed by atoms with van der Waals surface area (Å²) < 4.78 is 28.2. The van der Waals surface area contributed by atoms with Crippen molar-refractivity contribution in [3.63, 3.8) is 0 Å². The first-order valence-corrected chi connectivity index (χ1v) is 13.1. The van der Waals surface area contributed by atoms with Gasteiger partial charge in [0.15, 0.2) is 5.69 Å². The van der Waals surface area contributed by atoms with Crippen molar-refractivity contribution in [3.8, 4) is 11.1 Å². The molecule has 0 aliphatic carbocycles. The number of alkyl halides is 2. The lowest BCUT2D eigenvalue weighted by Gasteiger charge is -2.16. The molecule has 0 saturated carbocycles. The Bertz CT molecular complexity index is 1580. The van der Waals surface area contributed by atoms with E-state index in [1.807, 2.05) is 12.1 Å². The summed E-state index contributed by atoms with van der Waals surface area (Å²) in [5.41, 5.74) is 2.65. The molecule has 206 valence electrons. The lowest BCUT2D eigenvalue weighted by molar-refractivity contribution is 0.0115. The quantitative estimate of drug-likeness (QED) is 0.357. The van der Waals surface area contributed by atoms with Crippen molar-refractivity contribution in [1.82, 2.24) is 24.6 Å². The van der Waals surface area contributed by atoms with Gasteiger partial charge in [0, 0.05) is 55.9 Å². The van der Waals surface area contributed by atoms with Gasteiger partial charge in [-0.05, 0) is 54.3 Å². The third-order valence-electron chi connectivity index (χ3n) is 7.29. The summed E-state index contributed by atoms with van der Waals surface area (Å²) in [6, 6.07) is 9.85. The number of halogens is 2. The molecule has 1 aromatic carbocycles. The number of hydrogen-bond donors (Lipinski definition) is 2. The van der Waals surface area contributed by atoms with E-state index in [1.54, 1.807) is 47.8 Å². The van der Waals surface area contributed by atoms with Gasteiger partial charge in [-0.15, -0.1) is 0 Å². The number of carboxylic acid groups (broad SMARTS) is 1. The Morgan fingerprint density at radius 1 is 1.00 bits per heavy atom. The number of carboxylic acids is 1. The summed E-state index contributed by atoms with van der Waals surface area (Å²) in [5.74, 6) is -3.10. The molecule has 40 heavy (non-hydrogen) atoms. The predicted molar refractivity (Wildman–Crippen MR) is 145 cm³/mol. The van der Waals surface area contributed by atoms with E-state index in [-0.39, 0.29) is 24.0 Å². The Morgan fingerprint density at radius 2 is 1.82 bits per heavy atom. The standard InChI is InChI=1S/C28H27F2N7O3/c29-28(30)7-10-35(17-28)16-18-11-20(14-31-13-18)19-3-5-23-22(12-19)25(26(38)39)34-37(23)27(40)33-21-4-6-24(32-15-21)36-8-1-2-9-36/h3-6,11-15H,1-2,7-10,16-17H2,(H,33,40)(H,38,39). The van der Waals surface area contributed by atoms with E-state index >= 15 is 0 Å². The molecule has 2 aliphatic heterocycles. The molecule has 2 aliphatic rings. The van der Waals surface area contributed by atoms with Gasteiger partial charge in [0.2, 0.25) is 0 Å². The first-order valence-electron chi connectivity index (χ1n) is 13.1. The number of benzene rings is 1. The molecule has 1 amide bonds. The SMILES string of the molecule is O=C(O)c1nn(C(=O)Nc2ccc(N3CCCC3)nc2)c2ccc(-c3cncc(CN4CCC(F)(F)C4)c3)cc12. The number of aromatic carboxylic acids is 1. The third-order valence-corrected chi connectivity index (χ3v) is 7.29. The van der Waals surface area contributed by atoms with E-state index in [2.05, 4.69) is 25.3 Å². The maximum absolute atomic E-state index is 13.6. The molecule has 10 nitrogen and oxygen atoms in total. The summed E-state index contributed by atoms with van der Waals surface area (Å²) >= 11 is 0. The van der Waals surface area contributed by atoms with Gasteiger partial charge >= 0.3 is 12.0 Å². The summed E-state index contributed by atoms with van der Waals surface area (Å²) in [4.78, 5) is 37.7. The second-order valence-corrected chi connectivity index (χ2v) is 10.2. The Balaban J connectivity index is 1.25. The zero-order valence-electron chi connectivity index (χ0n) is 21.6. The van der Waals surface area contributed by atoms with Crippen LogP contribution in [-0.2, 0) is 6.54 Å². The van der Waals surface area contributed by atoms with Crippen molar-refractivity contribution in [3.05, 3.63) is 66.2 Å². The van der Waals surface area contributed by atoms with Gasteiger partial charge in [0.05, 0.1) is 23.9 Å². The predicted octanol–water partition coefficient (Wildman–Crippen LogP) is 4.71. The fraction of sp³-hybridized carbons (Fsp3) is 0.321. The molecule has 12 heteroatoms. The number of carbonyl (C=O) groups is 2. The fourth-order valence-corrected chi connectivity index (χ4v) is 5.31. The molecule has 3 aromatic heterocycles. The van der Waals surface area contributed by atoms with Gasteiger partial charge in [0.1, 0.15) is 5.82 Å². The minimum absolute atomic E-state index is 0.160. The Morgan fingerprint density at radius 3 is 2.52 bits per heavy atom. The highest BCUT2D eigenvalue weighted by molar-refractivity contribution is 6.06. The van der Waals surface area contributed by atoms with E-state index in [0.29, 0.717) is 35.4 Å². The van der Waals surface area contributed by atoms with Crippen LogP contribution in [0.1, 0.15) is 35.3 Å². The summed E-state index contributed by atoms with van der Waals surface area (Å²) in [7, 11) is 0. The number of rotatable bonds is 6. The van der Waals surface area contributed by atoms with Gasteiger partial charge in [-0.3, -0.25) is 9.88 Å². The maximum atomic E-state index is 13.6. The number of aromatic nitrogens is 4. The molecule has 2 saturated heterocycles. The van der Waals surface area contributed by atoms with E-state index in [4.69, 9.17) is 0 Å². The number of likely N-dealkylation sites (tertiary alicyclic amines) is 1. The van der Waals surface area contributed by atoms with Crippen LogP contribution in [0, 0.1) is 0 Å². The van der Waals surface area contributed by atoms with Crippen molar-refractivity contribution >= 4 is 34.4 Å². The van der Waals surface area contributed by atoms with Crippen LogP contribution in [0.3, 0.4) is 0 Å². The minimum atomic E-state index is -2.68. The van der Waals surface area contributed by atoms with Crippen molar-refractivity contribution in [2.75, 3.05) is 36.4 Å². The zero-order valence-corrected chi connectivity index (χ0v) is 21.6. The number of carbonyl (C=O) groups excluding carboxylic acids is 1. The monoisotopic (exact) mass is 547 g/mol. The number of amides is 1. The highest BCUT2D eigenvalue weighted by atomic mass is 19.3. The molecule has 4 aromatic rings. The molecule has 0 radical (unpaired) electrons. The number of anilines is 2. The topological polar surface area (TPSA) is 116 Å². The van der Waals surface area contributed by atoms with Crippen LogP contribution in [0.2, 0.25) is 0 Å². The van der Waals surface area contributed by atoms with Crippen LogP contribution in [0.25, 0.3) is 22.0 Å². The summed E-state index contributed by atoms with van der Waals surface area (Å²) in [5, 5.41) is 16.9. The van der Waals surface area contributed by atoms with Gasteiger partial charge in [-0.2, -0.15) is 9.78 Å². The molecule has 0 unspecified atom stereocenters.